The van der Waals surface area contributed by atoms with Gasteiger partial charge in [-0.25, -0.2) is 0 Å². The average molecular weight is 389 g/mol. The van der Waals surface area contributed by atoms with Crippen molar-refractivity contribution >= 4 is 0 Å². The van der Waals surface area contributed by atoms with E-state index >= 15 is 0 Å². The predicted molar refractivity (Wildman–Crippen MR) is 125 cm³/mol. The Kier molecular flexibility index (Phi) is 17.5. The number of hydrogen-bond acceptors (Lipinski definition) is 2. The molecule has 0 aliphatic carbocycles. The van der Waals surface area contributed by atoms with Gasteiger partial charge in [0.15, 0.2) is 0 Å². The monoisotopic (exact) mass is 388 g/mol. The Hall–Kier alpha value is -0.860. The van der Waals surface area contributed by atoms with Crippen LogP contribution in [0.1, 0.15) is 115 Å². The number of rotatable bonds is 20. The molecule has 2 nitrogen and oxygen atoms in total. The maximum absolute atomic E-state index is 11.9. The maximum Gasteiger partial charge on any atom is -0.0103 e. The van der Waals surface area contributed by atoms with E-state index < -0.39 is 0 Å². The first kappa shape index (κ1) is 25.2. The summed E-state index contributed by atoms with van der Waals surface area (Å²) in [6.07, 6.45) is 22.9. The molecule has 0 saturated heterocycles. The molecular weight excluding hydrogens is 342 g/mol. The van der Waals surface area contributed by atoms with Gasteiger partial charge < -0.3 is 10.3 Å². The third-order valence-corrected chi connectivity index (χ3v) is 5.75. The van der Waals surface area contributed by atoms with Crippen molar-refractivity contribution in [3.63, 3.8) is 0 Å². The zero-order chi connectivity index (χ0) is 20.1. The van der Waals surface area contributed by atoms with Crippen molar-refractivity contribution in [3.8, 4) is 0 Å². The molecule has 0 aliphatic heterocycles. The molecule has 0 atom stereocenters. The fourth-order valence-electron chi connectivity index (χ4n) is 3.85. The molecule has 0 spiro atoms. The normalized spacial score (nSPS) is 11.4. The molecule has 0 bridgehead atoms. The molecule has 0 unspecified atom stereocenters. The Balaban J connectivity index is 1.75. The summed E-state index contributed by atoms with van der Waals surface area (Å²) in [6.45, 7) is 3.61. The van der Waals surface area contributed by atoms with E-state index in [2.05, 4.69) is 19.1 Å². The summed E-state index contributed by atoms with van der Waals surface area (Å²) in [5.74, 6) is 0. The van der Waals surface area contributed by atoms with Crippen LogP contribution >= 0.6 is 0 Å². The SMILES string of the molecule is CCCCCCCCCCCCCCCCCCN([O-])CCc1ccccc1. The Morgan fingerprint density at radius 1 is 0.571 bits per heavy atom. The van der Waals surface area contributed by atoms with E-state index in [0.29, 0.717) is 13.1 Å². The summed E-state index contributed by atoms with van der Waals surface area (Å²) in [4.78, 5) is 0. The lowest BCUT2D eigenvalue weighted by Gasteiger charge is -2.28. The van der Waals surface area contributed by atoms with E-state index in [-0.39, 0.29) is 0 Å². The van der Waals surface area contributed by atoms with Gasteiger partial charge in [0.05, 0.1) is 0 Å². The summed E-state index contributed by atoms with van der Waals surface area (Å²) in [5, 5.41) is 13.1. The van der Waals surface area contributed by atoms with Crippen molar-refractivity contribution in [1.82, 2.24) is 5.06 Å². The van der Waals surface area contributed by atoms with Crippen molar-refractivity contribution < 1.29 is 0 Å². The van der Waals surface area contributed by atoms with Gasteiger partial charge in [0.1, 0.15) is 0 Å². The molecule has 0 aromatic heterocycles. The first-order valence-corrected chi connectivity index (χ1v) is 12.3. The minimum Gasteiger partial charge on any atom is -0.785 e. The van der Waals surface area contributed by atoms with Gasteiger partial charge in [-0.15, -0.1) is 0 Å². The Bertz CT molecular complexity index is 420. The van der Waals surface area contributed by atoms with Crippen LogP contribution in [0.25, 0.3) is 0 Å². The largest absolute Gasteiger partial charge is 0.785 e. The van der Waals surface area contributed by atoms with E-state index in [1.807, 2.05) is 18.2 Å². The van der Waals surface area contributed by atoms with Crippen LogP contribution in [0.2, 0.25) is 0 Å². The summed E-state index contributed by atoms with van der Waals surface area (Å²) >= 11 is 0. The molecule has 162 valence electrons. The molecule has 0 heterocycles. The summed E-state index contributed by atoms with van der Waals surface area (Å²) in [7, 11) is 0. The van der Waals surface area contributed by atoms with Crippen LogP contribution in [0.15, 0.2) is 30.3 Å². The molecule has 0 amide bonds. The molecule has 1 aromatic carbocycles. The van der Waals surface area contributed by atoms with Gasteiger partial charge in [-0.2, -0.15) is 0 Å². The lowest BCUT2D eigenvalue weighted by atomic mass is 10.0. The minimum atomic E-state index is 0.628. The van der Waals surface area contributed by atoms with Gasteiger partial charge in [0.2, 0.25) is 0 Å². The quantitative estimate of drug-likeness (QED) is 0.166. The molecule has 1 rings (SSSR count). The minimum absolute atomic E-state index is 0.628. The van der Waals surface area contributed by atoms with Crippen LogP contribution in [0, 0.1) is 5.21 Å². The number of benzene rings is 1. The molecule has 28 heavy (non-hydrogen) atoms. The van der Waals surface area contributed by atoms with E-state index in [1.165, 1.54) is 107 Å². The summed E-state index contributed by atoms with van der Waals surface area (Å²) in [6, 6.07) is 10.3. The molecule has 2 heteroatoms. The van der Waals surface area contributed by atoms with E-state index in [1.54, 1.807) is 0 Å². The lowest BCUT2D eigenvalue weighted by molar-refractivity contribution is 0.366. The van der Waals surface area contributed by atoms with E-state index in [9.17, 15) is 5.21 Å². The third kappa shape index (κ3) is 16.1. The second kappa shape index (κ2) is 19.5. The zero-order valence-corrected chi connectivity index (χ0v) is 18.7. The maximum atomic E-state index is 11.9. The summed E-state index contributed by atoms with van der Waals surface area (Å²) < 4.78 is 0. The smallest absolute Gasteiger partial charge is 0.0103 e. The lowest BCUT2D eigenvalue weighted by Crippen LogP contribution is -2.20. The number of nitrogens with zero attached hydrogens (tertiary/aromatic N) is 1. The van der Waals surface area contributed by atoms with E-state index in [0.717, 1.165) is 12.8 Å². The van der Waals surface area contributed by atoms with Crippen LogP contribution in [-0.4, -0.2) is 18.2 Å². The Morgan fingerprint density at radius 2 is 1.00 bits per heavy atom. The molecule has 0 fully saturated rings. The third-order valence-electron chi connectivity index (χ3n) is 5.75. The molecule has 0 radical (unpaired) electrons. The fraction of sp³-hybridized carbons (Fsp3) is 0.769. The van der Waals surface area contributed by atoms with Crippen LogP contribution < -0.4 is 0 Å². The highest BCUT2D eigenvalue weighted by atomic mass is 16.5. The molecule has 0 saturated carbocycles. The zero-order valence-electron chi connectivity index (χ0n) is 18.7. The van der Waals surface area contributed by atoms with E-state index in [4.69, 9.17) is 0 Å². The predicted octanol–water partition coefficient (Wildman–Crippen LogP) is 8.29. The van der Waals surface area contributed by atoms with Crippen molar-refractivity contribution in [2.45, 2.75) is 116 Å². The average Bonchev–Trinajstić information content (AvgIpc) is 2.72. The topological polar surface area (TPSA) is 26.3 Å². The molecule has 1 aromatic rings. The highest BCUT2D eigenvalue weighted by Gasteiger charge is 1.97. The van der Waals surface area contributed by atoms with Gasteiger partial charge >= 0.3 is 0 Å². The van der Waals surface area contributed by atoms with Crippen LogP contribution in [-0.2, 0) is 6.42 Å². The van der Waals surface area contributed by atoms with Crippen molar-refractivity contribution in [3.05, 3.63) is 41.1 Å². The summed E-state index contributed by atoms with van der Waals surface area (Å²) in [5.41, 5.74) is 1.26. The number of hydroxylamine groups is 2. The van der Waals surface area contributed by atoms with Gasteiger partial charge in [-0.3, -0.25) is 0 Å². The van der Waals surface area contributed by atoms with Crippen LogP contribution in [0.3, 0.4) is 0 Å². The molecule has 0 aliphatic rings. The Morgan fingerprint density at radius 3 is 1.46 bits per heavy atom. The van der Waals surface area contributed by atoms with Gasteiger partial charge in [-0.1, -0.05) is 134 Å². The van der Waals surface area contributed by atoms with Gasteiger partial charge in [0.25, 0.3) is 0 Å². The molecular formula is C26H46NO-. The van der Waals surface area contributed by atoms with Crippen molar-refractivity contribution in [1.29, 1.82) is 0 Å². The van der Waals surface area contributed by atoms with Crippen LogP contribution in [0.4, 0.5) is 0 Å². The standard InChI is InChI=1S/C26H46NO/c1-2-3-4-5-6-7-8-9-10-11-12-13-14-15-16-20-24-27(28)25-23-26-21-18-17-19-22-26/h17-19,21-22H,2-16,20,23-25H2,1H3/q-1. The second-order valence-electron chi connectivity index (χ2n) is 8.47. The molecule has 0 N–H and O–H groups in total. The number of unbranched alkanes of at least 4 members (excludes halogenated alkanes) is 15. The highest BCUT2D eigenvalue weighted by molar-refractivity contribution is 5.14. The van der Waals surface area contributed by atoms with Crippen molar-refractivity contribution in [2.24, 2.45) is 0 Å². The van der Waals surface area contributed by atoms with Gasteiger partial charge in [-0.05, 0) is 31.5 Å². The van der Waals surface area contributed by atoms with Crippen molar-refractivity contribution in [2.75, 3.05) is 13.1 Å². The first-order valence-electron chi connectivity index (χ1n) is 12.3. The van der Waals surface area contributed by atoms with Gasteiger partial charge in [0, 0.05) is 0 Å². The highest BCUT2D eigenvalue weighted by Crippen LogP contribution is 2.13. The van der Waals surface area contributed by atoms with Crippen LogP contribution in [0.5, 0.6) is 0 Å². The second-order valence-corrected chi connectivity index (χ2v) is 8.47. The number of hydrogen-bond donors (Lipinski definition) is 0. The Labute approximate surface area is 175 Å². The first-order chi connectivity index (χ1) is 13.8. The fourth-order valence-corrected chi connectivity index (χ4v) is 3.85.